The van der Waals surface area contributed by atoms with Crippen molar-refractivity contribution in [2.75, 3.05) is 18.5 Å². The van der Waals surface area contributed by atoms with Crippen LogP contribution in [0.5, 0.6) is 5.75 Å². The molecule has 4 nitrogen and oxygen atoms in total. The number of halogens is 3. The van der Waals surface area contributed by atoms with Gasteiger partial charge in [0, 0.05) is 18.0 Å². The van der Waals surface area contributed by atoms with Crippen molar-refractivity contribution in [2.24, 2.45) is 0 Å². The largest absolute Gasteiger partial charge is 0.491 e. The van der Waals surface area contributed by atoms with E-state index in [4.69, 9.17) is 4.74 Å². The zero-order valence-corrected chi connectivity index (χ0v) is 9.62. The average Bonchev–Trinajstić information content (AvgIpc) is 2.36. The first-order chi connectivity index (χ1) is 8.98. The van der Waals surface area contributed by atoms with Crippen LogP contribution in [0, 0.1) is 0 Å². The fraction of sp³-hybridized carbons (Fsp3) is 0.250. The number of benzene rings is 1. The van der Waals surface area contributed by atoms with Gasteiger partial charge >= 0.3 is 6.30 Å². The van der Waals surface area contributed by atoms with E-state index in [1.807, 2.05) is 0 Å². The quantitative estimate of drug-likeness (QED) is 0.798. The lowest BCUT2D eigenvalue weighted by Gasteiger charge is -2.22. The number of pyridine rings is 1. The molecule has 2 aromatic rings. The van der Waals surface area contributed by atoms with Gasteiger partial charge in [-0.2, -0.15) is 0 Å². The molecule has 0 fully saturated rings. The van der Waals surface area contributed by atoms with Gasteiger partial charge in [0.1, 0.15) is 6.61 Å². The number of aromatic nitrogens is 1. The number of rotatable bonds is 0. The summed E-state index contributed by atoms with van der Waals surface area (Å²) in [7, 11) is 0. The Labute approximate surface area is 105 Å². The molecular weight excluding hydrogens is 261 g/mol. The Bertz CT molecular complexity index is 706. The molecule has 0 bridgehead atoms. The minimum absolute atomic E-state index is 0.180. The molecule has 2 heterocycles. The van der Waals surface area contributed by atoms with E-state index in [0.717, 1.165) is 6.07 Å². The first kappa shape index (κ1) is 11.9. The van der Waals surface area contributed by atoms with Gasteiger partial charge in [-0.15, -0.1) is 13.2 Å². The Balaban J connectivity index is 2.39. The molecule has 0 spiro atoms. The fourth-order valence-electron chi connectivity index (χ4n) is 2.19. The molecular formula is C12H9F3N2O2. The molecule has 0 unspecified atom stereocenters. The van der Waals surface area contributed by atoms with Crippen LogP contribution in [0.1, 0.15) is 0 Å². The van der Waals surface area contributed by atoms with Gasteiger partial charge in [-0.1, -0.05) is 0 Å². The summed E-state index contributed by atoms with van der Waals surface area (Å²) in [5, 5.41) is 3.30. The van der Waals surface area contributed by atoms with Gasteiger partial charge in [0.05, 0.1) is 11.2 Å². The molecule has 0 amide bonds. The Kier molecular flexibility index (Phi) is 2.44. The van der Waals surface area contributed by atoms with Crippen molar-refractivity contribution in [3.8, 4) is 5.75 Å². The van der Waals surface area contributed by atoms with Crippen molar-refractivity contribution in [1.29, 1.82) is 0 Å². The van der Waals surface area contributed by atoms with E-state index in [9.17, 15) is 18.0 Å². The monoisotopic (exact) mass is 270 g/mol. The Morgan fingerprint density at radius 2 is 2.00 bits per heavy atom. The molecule has 0 atom stereocenters. The van der Waals surface area contributed by atoms with Crippen molar-refractivity contribution in [2.45, 2.75) is 6.30 Å². The van der Waals surface area contributed by atoms with E-state index >= 15 is 0 Å². The van der Waals surface area contributed by atoms with Crippen LogP contribution in [0.2, 0.25) is 0 Å². The number of alkyl halides is 3. The molecule has 1 aromatic carbocycles. The van der Waals surface area contributed by atoms with Crippen LogP contribution in [0.4, 0.5) is 18.9 Å². The Hall–Kier alpha value is -2.18. The highest BCUT2D eigenvalue weighted by molar-refractivity contribution is 5.91. The number of anilines is 1. The third-order valence-corrected chi connectivity index (χ3v) is 2.94. The number of fused-ring (bicyclic) bond motifs is 3. The summed E-state index contributed by atoms with van der Waals surface area (Å²) in [5.41, 5.74) is -0.683. The summed E-state index contributed by atoms with van der Waals surface area (Å²) in [5.74, 6) is 0.349. The van der Waals surface area contributed by atoms with Crippen LogP contribution >= 0.6 is 0 Å². The molecule has 0 saturated carbocycles. The van der Waals surface area contributed by atoms with Gasteiger partial charge in [-0.05, 0) is 18.2 Å². The highest BCUT2D eigenvalue weighted by atomic mass is 19.4. The van der Waals surface area contributed by atoms with Crippen LogP contribution in [0.15, 0.2) is 29.1 Å². The van der Waals surface area contributed by atoms with Crippen LogP contribution < -0.4 is 15.6 Å². The lowest BCUT2D eigenvalue weighted by Crippen LogP contribution is -2.30. The minimum Gasteiger partial charge on any atom is -0.489 e. The zero-order chi connectivity index (χ0) is 13.6. The SMILES string of the molecule is O=c1ccc2c3c(ccc2n1C(F)(F)F)NCCO3. The summed E-state index contributed by atoms with van der Waals surface area (Å²) in [6.07, 6.45) is -4.76. The summed E-state index contributed by atoms with van der Waals surface area (Å²) in [6.45, 7) is 0.967. The van der Waals surface area contributed by atoms with Gasteiger partial charge in [0.2, 0.25) is 0 Å². The molecule has 1 aliphatic rings. The maximum Gasteiger partial charge on any atom is 0.491 e. The molecule has 7 heteroatoms. The predicted molar refractivity (Wildman–Crippen MR) is 63.5 cm³/mol. The van der Waals surface area contributed by atoms with E-state index < -0.39 is 11.9 Å². The van der Waals surface area contributed by atoms with Crippen LogP contribution in [0.25, 0.3) is 10.9 Å². The summed E-state index contributed by atoms with van der Waals surface area (Å²) >= 11 is 0. The molecule has 1 aliphatic heterocycles. The maximum absolute atomic E-state index is 12.9. The number of nitrogens with one attached hydrogen (secondary N) is 1. The van der Waals surface area contributed by atoms with Crippen molar-refractivity contribution in [3.63, 3.8) is 0 Å². The predicted octanol–water partition coefficient (Wildman–Crippen LogP) is 2.28. The lowest BCUT2D eigenvalue weighted by molar-refractivity contribution is -0.202. The van der Waals surface area contributed by atoms with Gasteiger partial charge in [0.25, 0.3) is 5.56 Å². The van der Waals surface area contributed by atoms with E-state index in [-0.39, 0.29) is 15.5 Å². The first-order valence-electron chi connectivity index (χ1n) is 5.61. The van der Waals surface area contributed by atoms with E-state index in [0.29, 0.717) is 24.6 Å². The van der Waals surface area contributed by atoms with Crippen molar-refractivity contribution >= 4 is 16.6 Å². The van der Waals surface area contributed by atoms with E-state index in [1.165, 1.54) is 18.2 Å². The van der Waals surface area contributed by atoms with Crippen LogP contribution in [-0.4, -0.2) is 17.7 Å². The van der Waals surface area contributed by atoms with Crippen molar-refractivity contribution < 1.29 is 17.9 Å². The Morgan fingerprint density at radius 1 is 1.21 bits per heavy atom. The second-order valence-corrected chi connectivity index (χ2v) is 4.13. The second-order valence-electron chi connectivity index (χ2n) is 4.13. The number of hydrogen-bond donors (Lipinski definition) is 1. The van der Waals surface area contributed by atoms with Crippen molar-refractivity contribution in [3.05, 3.63) is 34.6 Å². The fourth-order valence-corrected chi connectivity index (χ4v) is 2.19. The standard InChI is InChI=1S/C12H9F3N2O2/c13-12(14,15)17-9-3-2-8-11(19-6-5-16-8)7(9)1-4-10(17)18/h1-4,16H,5-6H2. The molecule has 1 N–H and O–H groups in total. The number of hydrogen-bond acceptors (Lipinski definition) is 3. The molecule has 19 heavy (non-hydrogen) atoms. The average molecular weight is 270 g/mol. The van der Waals surface area contributed by atoms with Crippen LogP contribution in [-0.2, 0) is 6.30 Å². The smallest absolute Gasteiger partial charge is 0.489 e. The van der Waals surface area contributed by atoms with E-state index in [2.05, 4.69) is 5.32 Å². The normalized spacial score (nSPS) is 14.7. The number of nitrogens with zero attached hydrogens (tertiary/aromatic N) is 1. The minimum atomic E-state index is -4.76. The molecule has 100 valence electrons. The molecule has 3 rings (SSSR count). The highest BCUT2D eigenvalue weighted by Gasteiger charge is 2.34. The summed E-state index contributed by atoms with van der Waals surface area (Å²) in [6, 6.07) is 5.00. The van der Waals surface area contributed by atoms with Gasteiger partial charge < -0.3 is 10.1 Å². The van der Waals surface area contributed by atoms with Gasteiger partial charge in [-0.3, -0.25) is 4.79 Å². The van der Waals surface area contributed by atoms with Crippen molar-refractivity contribution in [1.82, 2.24) is 4.57 Å². The lowest BCUT2D eigenvalue weighted by atomic mass is 10.1. The third kappa shape index (κ3) is 1.81. The first-order valence-corrected chi connectivity index (χ1v) is 5.61. The van der Waals surface area contributed by atoms with Gasteiger partial charge in [-0.25, -0.2) is 4.57 Å². The molecule has 0 radical (unpaired) electrons. The third-order valence-electron chi connectivity index (χ3n) is 2.94. The Morgan fingerprint density at radius 3 is 2.74 bits per heavy atom. The number of ether oxygens (including phenoxy) is 1. The summed E-state index contributed by atoms with van der Waals surface area (Å²) < 4.78 is 44.0. The second kappa shape index (κ2) is 3.91. The zero-order valence-electron chi connectivity index (χ0n) is 9.62. The highest BCUT2D eigenvalue weighted by Crippen LogP contribution is 2.36. The molecule has 1 aromatic heterocycles. The van der Waals surface area contributed by atoms with E-state index in [1.54, 1.807) is 0 Å². The maximum atomic E-state index is 12.9. The summed E-state index contributed by atoms with van der Waals surface area (Å²) in [4.78, 5) is 11.4. The van der Waals surface area contributed by atoms with Crippen LogP contribution in [0.3, 0.4) is 0 Å². The van der Waals surface area contributed by atoms with Gasteiger partial charge in [0.15, 0.2) is 5.75 Å². The molecule has 0 aliphatic carbocycles. The molecule has 0 saturated heterocycles. The topological polar surface area (TPSA) is 43.3 Å².